The molecule has 0 bridgehead atoms. The number of carbonyl (C=O) groups is 3. The van der Waals surface area contributed by atoms with Gasteiger partial charge in [-0.1, -0.05) is 33.7 Å². The summed E-state index contributed by atoms with van der Waals surface area (Å²) in [6, 6.07) is 8.85. The first-order valence-corrected chi connectivity index (χ1v) is 15.5. The Morgan fingerprint density at radius 2 is 1.85 bits per heavy atom. The number of aliphatic hydroxyl groups excluding tert-OH is 1. The van der Waals surface area contributed by atoms with Gasteiger partial charge >= 0.3 is 11.9 Å². The van der Waals surface area contributed by atoms with Crippen LogP contribution >= 0.6 is 21.6 Å². The molecule has 0 radical (unpaired) electrons. The maximum Gasteiger partial charge on any atom is 0.336 e. The molecule has 0 aromatic heterocycles. The Balaban J connectivity index is 1.35. The highest BCUT2D eigenvalue weighted by molar-refractivity contribution is 8.80. The predicted octanol–water partition coefficient (Wildman–Crippen LogP) is 4.60. The maximum atomic E-state index is 13.5. The average molecular weight is 594 g/mol. The third-order valence-electron chi connectivity index (χ3n) is 7.85. The number of nitrogens with one attached hydrogen (secondary N) is 1. The molecule has 6 rings (SSSR count). The fraction of sp³-hybridized carbons (Fsp3) is 0.300. The number of aliphatic carboxylic acids is 1. The van der Waals surface area contributed by atoms with Crippen molar-refractivity contribution in [2.75, 3.05) is 0 Å². The minimum atomic E-state index is -1.17. The summed E-state index contributed by atoms with van der Waals surface area (Å²) >= 11 is 0. The number of phenolic OH excluding ortho intramolecular Hbond substituents is 1. The topological polar surface area (TPSA) is 153 Å². The van der Waals surface area contributed by atoms with Crippen molar-refractivity contribution in [2.45, 2.75) is 48.3 Å². The van der Waals surface area contributed by atoms with Gasteiger partial charge in [0, 0.05) is 51.3 Å². The number of rotatable bonds is 6. The van der Waals surface area contributed by atoms with Gasteiger partial charge in [-0.3, -0.25) is 9.59 Å². The second kappa shape index (κ2) is 11.0. The summed E-state index contributed by atoms with van der Waals surface area (Å²) in [6.07, 6.45) is 6.06. The monoisotopic (exact) mass is 593 g/mol. The van der Waals surface area contributed by atoms with Crippen LogP contribution in [-0.4, -0.2) is 60.9 Å². The normalized spacial score (nSPS) is 26.3. The Labute approximate surface area is 243 Å². The van der Waals surface area contributed by atoms with Crippen molar-refractivity contribution in [2.24, 2.45) is 5.92 Å². The maximum absolute atomic E-state index is 13.5. The molecule has 2 heterocycles. The van der Waals surface area contributed by atoms with Crippen LogP contribution in [-0.2, 0) is 4.79 Å². The fourth-order valence-electron chi connectivity index (χ4n) is 5.88. The van der Waals surface area contributed by atoms with E-state index in [-0.39, 0.29) is 51.7 Å². The van der Waals surface area contributed by atoms with Crippen LogP contribution in [0.4, 0.5) is 0 Å². The smallest absolute Gasteiger partial charge is 0.336 e. The number of fused-ring (bicyclic) bond motifs is 3. The lowest BCUT2D eigenvalue weighted by Gasteiger charge is -2.38. The molecule has 1 amide bonds. The predicted molar refractivity (Wildman–Crippen MR) is 155 cm³/mol. The highest BCUT2D eigenvalue weighted by Crippen LogP contribution is 2.56. The van der Waals surface area contributed by atoms with Gasteiger partial charge in [-0.05, 0) is 67.2 Å². The third kappa shape index (κ3) is 5.37. The van der Waals surface area contributed by atoms with Crippen molar-refractivity contribution in [1.29, 1.82) is 0 Å². The zero-order chi connectivity index (χ0) is 28.8. The van der Waals surface area contributed by atoms with Crippen LogP contribution < -0.4 is 10.1 Å². The number of hydrogen-bond donors (Lipinski definition) is 5. The molecular weight excluding hydrogens is 566 g/mol. The molecule has 2 aliphatic heterocycles. The van der Waals surface area contributed by atoms with E-state index in [1.165, 1.54) is 30.3 Å². The number of aromatic hydroxyl groups is 1. The number of amides is 1. The summed E-state index contributed by atoms with van der Waals surface area (Å²) in [6.45, 7) is 0. The van der Waals surface area contributed by atoms with Crippen LogP contribution in [0.2, 0.25) is 0 Å². The van der Waals surface area contributed by atoms with Gasteiger partial charge in [-0.25, -0.2) is 4.79 Å². The Hall–Kier alpha value is -3.67. The highest BCUT2D eigenvalue weighted by Gasteiger charge is 2.43. The number of hydrogen-bond acceptors (Lipinski definition) is 8. The van der Waals surface area contributed by atoms with E-state index in [0.29, 0.717) is 46.6 Å². The lowest BCUT2D eigenvalue weighted by Crippen LogP contribution is -2.39. The minimum Gasteiger partial charge on any atom is -0.508 e. The second-order valence-corrected chi connectivity index (χ2v) is 13.2. The van der Waals surface area contributed by atoms with Gasteiger partial charge < -0.3 is 30.5 Å². The Bertz CT molecular complexity index is 1550. The van der Waals surface area contributed by atoms with Crippen molar-refractivity contribution < 1.29 is 39.5 Å². The van der Waals surface area contributed by atoms with E-state index in [1.54, 1.807) is 45.9 Å². The minimum absolute atomic E-state index is 0.0134. The molecule has 4 aliphatic rings. The molecule has 5 unspecified atom stereocenters. The number of carboxylic acids is 2. The van der Waals surface area contributed by atoms with Gasteiger partial charge in [0.05, 0.1) is 11.7 Å². The molecule has 41 heavy (non-hydrogen) atoms. The highest BCUT2D eigenvalue weighted by atomic mass is 33.1. The van der Waals surface area contributed by atoms with E-state index >= 15 is 0 Å². The van der Waals surface area contributed by atoms with Crippen molar-refractivity contribution in [3.8, 4) is 11.5 Å². The van der Waals surface area contributed by atoms with Crippen LogP contribution in [0.25, 0.3) is 5.57 Å². The molecule has 2 aliphatic carbocycles. The van der Waals surface area contributed by atoms with Gasteiger partial charge in [0.15, 0.2) is 0 Å². The molecule has 212 valence electrons. The standard InChI is InChI=1S/C30H27NO8S2/c32-17-4-7-20-23(12-17)39-24-13-18(33)5-8-21(24)27(20)22-9-15(2-6-19(22)30(37)38)29(36)31-16-3-1-14(10-26(34)35)28-25(11-16)40-41-28/h2,4-9,12-14,16-17,25,28,32-33H,1,3,10-11H2,(H,31,36)(H,34,35)(H,37,38). The fourth-order valence-corrected chi connectivity index (χ4v) is 9.21. The molecule has 5 atom stereocenters. The van der Waals surface area contributed by atoms with Crippen LogP contribution in [0, 0.1) is 5.92 Å². The summed E-state index contributed by atoms with van der Waals surface area (Å²) < 4.78 is 5.95. The van der Waals surface area contributed by atoms with Gasteiger partial charge in [0.2, 0.25) is 0 Å². The van der Waals surface area contributed by atoms with E-state index in [2.05, 4.69) is 5.32 Å². The van der Waals surface area contributed by atoms with Gasteiger partial charge in [0.25, 0.3) is 5.91 Å². The number of carbonyl (C=O) groups excluding carboxylic acids is 1. The van der Waals surface area contributed by atoms with Crippen LogP contribution in [0.5, 0.6) is 11.5 Å². The number of aromatic carboxylic acids is 1. The lowest BCUT2D eigenvalue weighted by atomic mass is 9.84. The molecule has 1 saturated heterocycles. The second-order valence-electron chi connectivity index (χ2n) is 10.6. The number of benzene rings is 2. The largest absolute Gasteiger partial charge is 0.508 e. The van der Waals surface area contributed by atoms with E-state index in [0.717, 1.165) is 6.42 Å². The molecule has 11 heteroatoms. The summed E-state index contributed by atoms with van der Waals surface area (Å²) in [5.74, 6) is -1.67. The van der Waals surface area contributed by atoms with E-state index in [4.69, 9.17) is 4.74 Å². The van der Waals surface area contributed by atoms with Crippen molar-refractivity contribution in [3.63, 3.8) is 0 Å². The molecule has 1 saturated carbocycles. The summed E-state index contributed by atoms with van der Waals surface area (Å²) in [7, 11) is 3.46. The van der Waals surface area contributed by atoms with Crippen molar-refractivity contribution >= 4 is 45.0 Å². The lowest BCUT2D eigenvalue weighted by molar-refractivity contribution is -0.138. The molecule has 2 aromatic carbocycles. The Morgan fingerprint density at radius 3 is 2.59 bits per heavy atom. The molecule has 9 nitrogen and oxygen atoms in total. The first-order chi connectivity index (χ1) is 19.7. The van der Waals surface area contributed by atoms with E-state index in [9.17, 15) is 34.8 Å². The van der Waals surface area contributed by atoms with Crippen LogP contribution in [0.1, 0.15) is 57.5 Å². The summed E-state index contributed by atoms with van der Waals surface area (Å²) in [4.78, 5) is 37.2. The zero-order valence-corrected chi connectivity index (χ0v) is 23.3. The molecular formula is C30H27NO8S2. The Morgan fingerprint density at radius 1 is 1.02 bits per heavy atom. The van der Waals surface area contributed by atoms with Crippen molar-refractivity contribution in [1.82, 2.24) is 5.32 Å². The summed E-state index contributed by atoms with van der Waals surface area (Å²) in [5, 5.41) is 43.3. The molecule has 5 N–H and O–H groups in total. The van der Waals surface area contributed by atoms with E-state index in [1.807, 2.05) is 0 Å². The van der Waals surface area contributed by atoms with Gasteiger partial charge in [0.1, 0.15) is 17.3 Å². The van der Waals surface area contributed by atoms with Gasteiger partial charge in [-0.2, -0.15) is 0 Å². The zero-order valence-electron chi connectivity index (χ0n) is 21.6. The quantitative estimate of drug-likeness (QED) is 0.300. The number of phenols is 1. The number of carboxylic acid groups (broad SMARTS) is 2. The summed E-state index contributed by atoms with van der Waals surface area (Å²) in [5.41, 5.74) is 2.16. The number of allylic oxidation sites excluding steroid dienone is 1. The molecule has 0 spiro atoms. The van der Waals surface area contributed by atoms with Gasteiger partial charge in [-0.15, -0.1) is 0 Å². The van der Waals surface area contributed by atoms with E-state index < -0.39 is 18.0 Å². The first kappa shape index (κ1) is 27.5. The first-order valence-electron chi connectivity index (χ1n) is 13.2. The molecule has 2 fully saturated rings. The van der Waals surface area contributed by atoms with Crippen molar-refractivity contribution in [3.05, 3.63) is 88.2 Å². The average Bonchev–Trinajstić information content (AvgIpc) is 3.01. The SMILES string of the molecule is O=C(O)CC1CCC(NC(=O)c2ccc(C(=O)O)c(C3=C4C=CC(O)C=C4Oc4cc(O)ccc43)c2)CC2SSC12. The van der Waals surface area contributed by atoms with Crippen LogP contribution in [0.3, 0.4) is 0 Å². The third-order valence-corrected chi connectivity index (χ3v) is 11.5. The van der Waals surface area contributed by atoms with Crippen LogP contribution in [0.15, 0.2) is 66.0 Å². The number of ether oxygens (including phenoxy) is 1. The molecule has 2 aromatic rings. The number of aliphatic hydroxyl groups is 1. The Kier molecular flexibility index (Phi) is 7.35.